The van der Waals surface area contributed by atoms with E-state index < -0.39 is 12.0 Å². The average Bonchev–Trinajstić information content (AvgIpc) is 2.99. The van der Waals surface area contributed by atoms with E-state index in [0.29, 0.717) is 6.42 Å². The summed E-state index contributed by atoms with van der Waals surface area (Å²) in [6.45, 7) is 0. The van der Waals surface area contributed by atoms with Crippen LogP contribution in [0.4, 0.5) is 0 Å². The van der Waals surface area contributed by atoms with Gasteiger partial charge in [0.2, 0.25) is 5.91 Å². The van der Waals surface area contributed by atoms with Crippen LogP contribution in [0.1, 0.15) is 24.8 Å². The van der Waals surface area contributed by atoms with Crippen molar-refractivity contribution in [2.75, 3.05) is 0 Å². The number of amides is 1. The summed E-state index contributed by atoms with van der Waals surface area (Å²) in [5.41, 5.74) is 1.81. The van der Waals surface area contributed by atoms with Crippen molar-refractivity contribution in [1.29, 1.82) is 0 Å². The Labute approximate surface area is 148 Å². The van der Waals surface area contributed by atoms with E-state index in [4.69, 9.17) is 0 Å². The number of aromatic nitrogens is 1. The number of fused-ring (bicyclic) bond motifs is 1. The van der Waals surface area contributed by atoms with Crippen molar-refractivity contribution >= 4 is 38.7 Å². The topological polar surface area (TPSA) is 82.2 Å². The molecule has 0 radical (unpaired) electrons. The first-order chi connectivity index (χ1) is 11.6. The van der Waals surface area contributed by atoms with Gasteiger partial charge in [-0.2, -0.15) is 0 Å². The normalized spacial score (nSPS) is 18.5. The lowest BCUT2D eigenvalue weighted by Crippen LogP contribution is -2.45. The number of hydrogen-bond donors (Lipinski definition) is 3. The van der Waals surface area contributed by atoms with Crippen molar-refractivity contribution in [1.82, 2.24) is 10.3 Å². The molecule has 24 heavy (non-hydrogen) atoms. The zero-order valence-electron chi connectivity index (χ0n) is 13.1. The highest BCUT2D eigenvalue weighted by Crippen LogP contribution is 2.28. The summed E-state index contributed by atoms with van der Waals surface area (Å²) in [5.74, 6) is -1.33. The molecule has 0 saturated heterocycles. The van der Waals surface area contributed by atoms with E-state index in [0.717, 1.165) is 33.8 Å². The van der Waals surface area contributed by atoms with Gasteiger partial charge in [-0.25, -0.2) is 4.79 Å². The minimum absolute atomic E-state index is 0.133. The van der Waals surface area contributed by atoms with E-state index in [1.54, 1.807) is 6.20 Å². The first-order valence-corrected chi connectivity index (χ1v) is 8.78. The van der Waals surface area contributed by atoms with Crippen LogP contribution in [0.5, 0.6) is 0 Å². The Morgan fingerprint density at radius 1 is 1.38 bits per heavy atom. The number of carboxylic acid groups (broad SMARTS) is 1. The Morgan fingerprint density at radius 3 is 2.92 bits per heavy atom. The van der Waals surface area contributed by atoms with Crippen molar-refractivity contribution < 1.29 is 14.7 Å². The lowest BCUT2D eigenvalue weighted by Gasteiger charge is -2.21. The van der Waals surface area contributed by atoms with Gasteiger partial charge in [-0.05, 0) is 37.0 Å². The lowest BCUT2D eigenvalue weighted by atomic mass is 9.93. The largest absolute Gasteiger partial charge is 0.480 e. The molecular formula is C18H19BrN2O3. The Bertz CT molecular complexity index is 797. The highest BCUT2D eigenvalue weighted by molar-refractivity contribution is 9.10. The molecule has 3 rings (SSSR count). The van der Waals surface area contributed by atoms with Crippen LogP contribution < -0.4 is 5.32 Å². The second-order valence-electron chi connectivity index (χ2n) is 6.06. The lowest BCUT2D eigenvalue weighted by molar-refractivity contribution is -0.142. The molecule has 0 aliphatic heterocycles. The molecule has 1 aromatic carbocycles. The van der Waals surface area contributed by atoms with Gasteiger partial charge in [0, 0.05) is 33.9 Å². The van der Waals surface area contributed by atoms with Crippen molar-refractivity contribution in [3.8, 4) is 0 Å². The van der Waals surface area contributed by atoms with Gasteiger partial charge in [0.15, 0.2) is 0 Å². The number of carboxylic acids is 1. The number of halogens is 1. The van der Waals surface area contributed by atoms with Gasteiger partial charge in [-0.15, -0.1) is 0 Å². The van der Waals surface area contributed by atoms with E-state index in [-0.39, 0.29) is 18.2 Å². The zero-order valence-corrected chi connectivity index (χ0v) is 14.7. The molecule has 3 N–H and O–H groups in total. The van der Waals surface area contributed by atoms with Crippen LogP contribution in [0.25, 0.3) is 10.9 Å². The number of aliphatic carboxylic acids is 1. The number of rotatable bonds is 5. The van der Waals surface area contributed by atoms with E-state index >= 15 is 0 Å². The summed E-state index contributed by atoms with van der Waals surface area (Å²) in [5, 5.41) is 13.2. The minimum Gasteiger partial charge on any atom is -0.480 e. The van der Waals surface area contributed by atoms with Gasteiger partial charge in [-0.1, -0.05) is 34.1 Å². The maximum Gasteiger partial charge on any atom is 0.326 e. The van der Waals surface area contributed by atoms with E-state index in [9.17, 15) is 14.7 Å². The van der Waals surface area contributed by atoms with Crippen molar-refractivity contribution in [2.45, 2.75) is 31.7 Å². The molecule has 0 bridgehead atoms. The second-order valence-corrected chi connectivity index (χ2v) is 6.92. The van der Waals surface area contributed by atoms with Crippen LogP contribution >= 0.6 is 15.9 Å². The molecule has 1 heterocycles. The fourth-order valence-corrected chi connectivity index (χ4v) is 3.73. The Balaban J connectivity index is 1.77. The third-order valence-electron chi connectivity index (χ3n) is 4.42. The Morgan fingerprint density at radius 2 is 2.21 bits per heavy atom. The van der Waals surface area contributed by atoms with Crippen molar-refractivity contribution in [2.24, 2.45) is 5.92 Å². The summed E-state index contributed by atoms with van der Waals surface area (Å²) in [7, 11) is 0. The molecule has 2 atom stereocenters. The highest BCUT2D eigenvalue weighted by Gasteiger charge is 2.26. The Kier molecular flexibility index (Phi) is 5.04. The van der Waals surface area contributed by atoms with Crippen molar-refractivity contribution in [3.63, 3.8) is 0 Å². The maximum atomic E-state index is 12.3. The molecule has 1 amide bonds. The monoisotopic (exact) mass is 390 g/mol. The Hall–Kier alpha value is -2.08. The molecule has 2 aromatic rings. The summed E-state index contributed by atoms with van der Waals surface area (Å²) in [4.78, 5) is 27.1. The third-order valence-corrected chi connectivity index (χ3v) is 5.08. The number of H-pyrrole nitrogens is 1. The minimum atomic E-state index is -1.02. The van der Waals surface area contributed by atoms with Crippen LogP contribution in [0.3, 0.4) is 0 Å². The van der Waals surface area contributed by atoms with Gasteiger partial charge in [-0.3, -0.25) is 4.79 Å². The van der Waals surface area contributed by atoms with E-state index in [2.05, 4.69) is 32.3 Å². The molecule has 0 saturated carbocycles. The van der Waals surface area contributed by atoms with E-state index in [1.807, 2.05) is 24.3 Å². The van der Waals surface area contributed by atoms with Crippen LogP contribution in [0.15, 0.2) is 41.0 Å². The standard InChI is InChI=1S/C18H19BrN2O3/c19-13-7-4-8-14-16(13)12(10-20-14)9-15(18(23)24)21-17(22)11-5-2-1-3-6-11/h1-2,4,7-8,10-11,15,20H,3,5-6,9H2,(H,21,22)(H,23,24). The number of benzene rings is 1. The number of carbonyl (C=O) groups excluding carboxylic acids is 1. The first kappa shape index (κ1) is 16.8. The maximum absolute atomic E-state index is 12.3. The third kappa shape index (κ3) is 3.53. The summed E-state index contributed by atoms with van der Waals surface area (Å²) in [6, 6.07) is 4.84. The number of aromatic amines is 1. The first-order valence-electron chi connectivity index (χ1n) is 7.99. The number of hydrogen-bond acceptors (Lipinski definition) is 2. The second kappa shape index (κ2) is 7.21. The predicted octanol–water partition coefficient (Wildman–Crippen LogP) is 3.40. The molecule has 1 aliphatic rings. The quantitative estimate of drug-likeness (QED) is 0.684. The van der Waals surface area contributed by atoms with Crippen molar-refractivity contribution in [3.05, 3.63) is 46.6 Å². The number of nitrogens with one attached hydrogen (secondary N) is 2. The SMILES string of the molecule is O=C(NC(Cc1c[nH]c2cccc(Br)c12)C(=O)O)C1CC=CCC1. The van der Waals surface area contributed by atoms with Crippen LogP contribution in [-0.2, 0) is 16.0 Å². The smallest absolute Gasteiger partial charge is 0.326 e. The fourth-order valence-electron chi connectivity index (χ4n) is 3.11. The van der Waals surface area contributed by atoms with Crippen LogP contribution in [0.2, 0.25) is 0 Å². The van der Waals surface area contributed by atoms with Gasteiger partial charge >= 0.3 is 5.97 Å². The molecule has 5 nitrogen and oxygen atoms in total. The predicted molar refractivity (Wildman–Crippen MR) is 95.8 cm³/mol. The molecule has 1 aromatic heterocycles. The fraction of sp³-hybridized carbons (Fsp3) is 0.333. The van der Waals surface area contributed by atoms with Gasteiger partial charge in [0.1, 0.15) is 6.04 Å². The average molecular weight is 391 g/mol. The molecule has 0 spiro atoms. The van der Waals surface area contributed by atoms with Crippen LogP contribution in [0, 0.1) is 5.92 Å². The van der Waals surface area contributed by atoms with Gasteiger partial charge in [0.25, 0.3) is 0 Å². The zero-order chi connectivity index (χ0) is 17.1. The van der Waals surface area contributed by atoms with Gasteiger partial charge < -0.3 is 15.4 Å². The summed E-state index contributed by atoms with van der Waals surface area (Å²) >= 11 is 3.50. The van der Waals surface area contributed by atoms with Gasteiger partial charge in [0.05, 0.1) is 0 Å². The number of allylic oxidation sites excluding steroid dienone is 2. The molecule has 1 aliphatic carbocycles. The molecule has 2 unspecified atom stereocenters. The molecule has 126 valence electrons. The summed E-state index contributed by atoms with van der Waals surface area (Å²) in [6.07, 6.45) is 8.41. The summed E-state index contributed by atoms with van der Waals surface area (Å²) < 4.78 is 0.907. The molecule has 6 heteroatoms. The highest BCUT2D eigenvalue weighted by atomic mass is 79.9. The number of carbonyl (C=O) groups is 2. The molecular weight excluding hydrogens is 372 g/mol. The molecule has 0 fully saturated rings. The van der Waals surface area contributed by atoms with Crippen LogP contribution in [-0.4, -0.2) is 28.0 Å². The van der Waals surface area contributed by atoms with E-state index in [1.165, 1.54) is 0 Å².